The van der Waals surface area contributed by atoms with Crippen molar-refractivity contribution in [3.63, 3.8) is 0 Å². The van der Waals surface area contributed by atoms with E-state index in [0.717, 1.165) is 11.3 Å². The quantitative estimate of drug-likeness (QED) is 0.906. The van der Waals surface area contributed by atoms with E-state index in [9.17, 15) is 22.8 Å². The van der Waals surface area contributed by atoms with Crippen LogP contribution in [0.25, 0.3) is 0 Å². The zero-order valence-electron chi connectivity index (χ0n) is 10.2. The molecule has 0 saturated heterocycles. The van der Waals surface area contributed by atoms with E-state index in [1.165, 1.54) is 5.38 Å². The van der Waals surface area contributed by atoms with Crippen molar-refractivity contribution in [2.75, 3.05) is 0 Å². The normalized spacial score (nSPS) is 10.4. The van der Waals surface area contributed by atoms with Gasteiger partial charge < -0.3 is 10.4 Å². The standard InChI is InChI=1S/C12H7F3N2O3S/c13-5-1-6(14)10(7(15)2-5)11(18)16-3-9-17-8(4-21-9)12(19)20/h1-2,4H,3H2,(H,16,18)(H,19,20). The SMILES string of the molecule is O=C(O)c1csc(CNC(=O)c2c(F)cc(F)cc2F)n1. The monoisotopic (exact) mass is 316 g/mol. The van der Waals surface area contributed by atoms with Crippen LogP contribution in [-0.4, -0.2) is 22.0 Å². The molecular weight excluding hydrogens is 309 g/mol. The first-order valence-electron chi connectivity index (χ1n) is 5.49. The van der Waals surface area contributed by atoms with Crippen molar-refractivity contribution in [1.29, 1.82) is 0 Å². The Hall–Kier alpha value is -2.42. The number of aromatic carboxylic acids is 1. The number of carbonyl (C=O) groups is 2. The first kappa shape index (κ1) is 15.0. The van der Waals surface area contributed by atoms with Crippen LogP contribution in [0.4, 0.5) is 13.2 Å². The fraction of sp³-hybridized carbons (Fsp3) is 0.0833. The topological polar surface area (TPSA) is 79.3 Å². The number of carbonyl (C=O) groups excluding carboxylic acids is 1. The molecule has 0 aliphatic heterocycles. The summed E-state index contributed by atoms with van der Waals surface area (Å²) >= 11 is 0.972. The third-order valence-corrected chi connectivity index (χ3v) is 3.25. The second-order valence-corrected chi connectivity index (χ2v) is 4.80. The van der Waals surface area contributed by atoms with Crippen molar-refractivity contribution < 1.29 is 27.9 Å². The number of aromatic nitrogens is 1. The summed E-state index contributed by atoms with van der Waals surface area (Å²) in [6.45, 7) is -0.201. The lowest BCUT2D eigenvalue weighted by atomic mass is 10.2. The Kier molecular flexibility index (Phi) is 4.22. The van der Waals surface area contributed by atoms with Crippen LogP contribution in [0.3, 0.4) is 0 Å². The Morgan fingerprint density at radius 3 is 2.38 bits per heavy atom. The van der Waals surface area contributed by atoms with Gasteiger partial charge >= 0.3 is 5.97 Å². The number of hydrogen-bond acceptors (Lipinski definition) is 4. The van der Waals surface area contributed by atoms with E-state index < -0.39 is 34.9 Å². The van der Waals surface area contributed by atoms with E-state index in [2.05, 4.69) is 10.3 Å². The number of carboxylic acids is 1. The van der Waals surface area contributed by atoms with Crippen molar-refractivity contribution in [3.05, 3.63) is 51.2 Å². The maximum absolute atomic E-state index is 13.4. The molecule has 9 heteroatoms. The summed E-state index contributed by atoms with van der Waals surface area (Å²) in [4.78, 5) is 26.0. The minimum absolute atomic E-state index is 0.191. The molecule has 0 bridgehead atoms. The number of thiazole rings is 1. The first-order valence-corrected chi connectivity index (χ1v) is 6.37. The van der Waals surface area contributed by atoms with Crippen molar-refractivity contribution in [3.8, 4) is 0 Å². The molecule has 0 fully saturated rings. The molecular formula is C12H7F3N2O3S. The van der Waals surface area contributed by atoms with E-state index in [1.54, 1.807) is 0 Å². The fourth-order valence-electron chi connectivity index (χ4n) is 1.49. The smallest absolute Gasteiger partial charge is 0.355 e. The summed E-state index contributed by atoms with van der Waals surface area (Å²) in [6.07, 6.45) is 0. The third kappa shape index (κ3) is 3.37. The number of benzene rings is 1. The highest BCUT2D eigenvalue weighted by Crippen LogP contribution is 2.15. The number of nitrogens with one attached hydrogen (secondary N) is 1. The molecule has 1 aromatic heterocycles. The van der Waals surface area contributed by atoms with Crippen molar-refractivity contribution >= 4 is 23.2 Å². The molecule has 2 N–H and O–H groups in total. The largest absolute Gasteiger partial charge is 0.476 e. The number of amides is 1. The molecule has 21 heavy (non-hydrogen) atoms. The molecule has 0 aliphatic rings. The minimum atomic E-state index is -1.32. The van der Waals surface area contributed by atoms with Gasteiger partial charge in [0.15, 0.2) is 5.69 Å². The van der Waals surface area contributed by atoms with Crippen LogP contribution in [0.1, 0.15) is 25.9 Å². The molecule has 0 atom stereocenters. The van der Waals surface area contributed by atoms with Crippen LogP contribution >= 0.6 is 11.3 Å². The molecule has 0 spiro atoms. The predicted molar refractivity (Wildman–Crippen MR) is 66.6 cm³/mol. The van der Waals surface area contributed by atoms with Crippen LogP contribution in [0.15, 0.2) is 17.5 Å². The van der Waals surface area contributed by atoms with Crippen LogP contribution in [0.2, 0.25) is 0 Å². The van der Waals surface area contributed by atoms with Crippen LogP contribution in [-0.2, 0) is 6.54 Å². The lowest BCUT2D eigenvalue weighted by molar-refractivity contribution is 0.0691. The fourth-order valence-corrected chi connectivity index (χ4v) is 2.20. The first-order chi connectivity index (χ1) is 9.88. The van der Waals surface area contributed by atoms with Gasteiger partial charge in [0.05, 0.1) is 6.54 Å². The van der Waals surface area contributed by atoms with Gasteiger partial charge in [-0.1, -0.05) is 0 Å². The highest BCUT2D eigenvalue weighted by atomic mass is 32.1. The van der Waals surface area contributed by atoms with Gasteiger partial charge in [-0.15, -0.1) is 11.3 Å². The lowest BCUT2D eigenvalue weighted by Gasteiger charge is -2.05. The molecule has 0 saturated carbocycles. The lowest BCUT2D eigenvalue weighted by Crippen LogP contribution is -2.25. The average molecular weight is 316 g/mol. The van der Waals surface area contributed by atoms with Crippen molar-refractivity contribution in [2.24, 2.45) is 0 Å². The van der Waals surface area contributed by atoms with Gasteiger partial charge in [0, 0.05) is 17.5 Å². The van der Waals surface area contributed by atoms with Gasteiger partial charge in [0.25, 0.3) is 5.91 Å². The van der Waals surface area contributed by atoms with Crippen molar-refractivity contribution in [1.82, 2.24) is 10.3 Å². The number of halogens is 3. The Bertz CT molecular complexity index is 695. The van der Waals surface area contributed by atoms with E-state index in [4.69, 9.17) is 5.11 Å². The van der Waals surface area contributed by atoms with E-state index in [1.807, 2.05) is 0 Å². The highest BCUT2D eigenvalue weighted by molar-refractivity contribution is 7.09. The zero-order valence-corrected chi connectivity index (χ0v) is 11.0. The summed E-state index contributed by atoms with van der Waals surface area (Å²) < 4.78 is 39.5. The molecule has 110 valence electrons. The van der Waals surface area contributed by atoms with Crippen LogP contribution < -0.4 is 5.32 Å². The summed E-state index contributed by atoms with van der Waals surface area (Å²) in [5.74, 6) is -6.09. The van der Waals surface area contributed by atoms with Gasteiger partial charge in [-0.2, -0.15) is 0 Å². The molecule has 2 aromatic rings. The minimum Gasteiger partial charge on any atom is -0.476 e. The number of carboxylic acid groups (broad SMARTS) is 1. The summed E-state index contributed by atoms with van der Waals surface area (Å²) in [5, 5.41) is 12.4. The summed E-state index contributed by atoms with van der Waals surface area (Å²) in [6, 6.07) is 0.786. The zero-order chi connectivity index (χ0) is 15.6. The second kappa shape index (κ2) is 5.92. The second-order valence-electron chi connectivity index (χ2n) is 3.86. The van der Waals surface area contributed by atoms with Crippen molar-refractivity contribution in [2.45, 2.75) is 6.54 Å². The predicted octanol–water partition coefficient (Wildman–Crippen LogP) is 2.19. The van der Waals surface area contributed by atoms with Crippen LogP contribution in [0, 0.1) is 17.5 Å². The summed E-state index contributed by atoms with van der Waals surface area (Å²) in [5.41, 5.74) is -1.10. The average Bonchev–Trinajstić information content (AvgIpc) is 2.84. The molecule has 0 aliphatic carbocycles. The summed E-state index contributed by atoms with van der Waals surface area (Å²) in [7, 11) is 0. The van der Waals surface area contributed by atoms with Gasteiger partial charge in [-0.3, -0.25) is 4.79 Å². The molecule has 1 heterocycles. The molecule has 1 aromatic carbocycles. The van der Waals surface area contributed by atoms with E-state index in [-0.39, 0.29) is 17.2 Å². The number of rotatable bonds is 4. The Labute approximate surface area is 120 Å². The molecule has 2 rings (SSSR count). The third-order valence-electron chi connectivity index (χ3n) is 2.40. The van der Waals surface area contributed by atoms with Gasteiger partial charge in [-0.05, 0) is 0 Å². The highest BCUT2D eigenvalue weighted by Gasteiger charge is 2.19. The molecule has 0 unspecified atom stereocenters. The van der Waals surface area contributed by atoms with E-state index in [0.29, 0.717) is 12.1 Å². The van der Waals surface area contributed by atoms with E-state index >= 15 is 0 Å². The molecule has 0 radical (unpaired) electrons. The Balaban J connectivity index is 2.10. The number of hydrogen-bond donors (Lipinski definition) is 2. The van der Waals surface area contributed by atoms with Gasteiger partial charge in [0.1, 0.15) is 28.0 Å². The van der Waals surface area contributed by atoms with Gasteiger partial charge in [-0.25, -0.2) is 22.9 Å². The Morgan fingerprint density at radius 1 is 1.24 bits per heavy atom. The molecule has 1 amide bonds. The Morgan fingerprint density at radius 2 is 1.86 bits per heavy atom. The molecule has 5 nitrogen and oxygen atoms in total. The maximum Gasteiger partial charge on any atom is 0.355 e. The maximum atomic E-state index is 13.4. The van der Waals surface area contributed by atoms with Gasteiger partial charge in [0.2, 0.25) is 0 Å². The number of nitrogens with zero attached hydrogens (tertiary/aromatic N) is 1. The van der Waals surface area contributed by atoms with Crippen LogP contribution in [0.5, 0.6) is 0 Å².